The molecule has 2 aromatic carbocycles. The molecule has 3 fully saturated rings. The maximum absolute atomic E-state index is 13.6. The minimum atomic E-state index is -0.430. The molecule has 8 nitrogen and oxygen atoms in total. The number of ether oxygens (including phenoxy) is 1. The first-order valence-corrected chi connectivity index (χ1v) is 14.2. The largest absolute Gasteiger partial charge is 0.380 e. The molecule has 0 radical (unpaired) electrons. The maximum atomic E-state index is 13.6. The lowest BCUT2D eigenvalue weighted by molar-refractivity contribution is -0.123. The number of hydrogen-bond acceptors (Lipinski definition) is 8. The van der Waals surface area contributed by atoms with E-state index >= 15 is 0 Å². The van der Waals surface area contributed by atoms with Gasteiger partial charge in [-0.1, -0.05) is 53.8 Å². The molecule has 2 heterocycles. The van der Waals surface area contributed by atoms with Crippen molar-refractivity contribution in [1.82, 2.24) is 20.0 Å². The zero-order valence-electron chi connectivity index (χ0n) is 21.7. The molecule has 198 valence electrons. The molecule has 0 unspecified atom stereocenters. The predicted octanol–water partition coefficient (Wildman–Crippen LogP) is 4.03. The van der Waals surface area contributed by atoms with E-state index in [1.165, 1.54) is 24.2 Å². The van der Waals surface area contributed by atoms with E-state index in [2.05, 4.69) is 25.3 Å². The Balaban J connectivity index is 1.15. The Labute approximate surface area is 227 Å². The number of aromatic nitrogens is 2. The first kappa shape index (κ1) is 25.3. The number of benzene rings is 2. The van der Waals surface area contributed by atoms with Crippen LogP contribution in [0.2, 0.25) is 0 Å². The highest BCUT2D eigenvalue weighted by atomic mass is 32.1. The number of ketones is 1. The fourth-order valence-corrected chi connectivity index (χ4v) is 6.25. The Morgan fingerprint density at radius 2 is 1.82 bits per heavy atom. The maximum Gasteiger partial charge on any atom is 0.244 e. The highest BCUT2D eigenvalue weighted by molar-refractivity contribution is 7.14. The van der Waals surface area contributed by atoms with Crippen LogP contribution in [-0.4, -0.2) is 76.6 Å². The van der Waals surface area contributed by atoms with E-state index in [9.17, 15) is 9.59 Å². The van der Waals surface area contributed by atoms with Crippen molar-refractivity contribution in [3.05, 3.63) is 64.7 Å². The Morgan fingerprint density at radius 1 is 1.05 bits per heavy atom. The first-order chi connectivity index (χ1) is 18.6. The van der Waals surface area contributed by atoms with Crippen LogP contribution < -0.4 is 5.32 Å². The molecule has 0 atom stereocenters. The van der Waals surface area contributed by atoms with Crippen LogP contribution in [0.15, 0.2) is 48.5 Å². The number of carbonyl (C=O) groups is 2. The van der Waals surface area contributed by atoms with Crippen molar-refractivity contribution in [1.29, 1.82) is 0 Å². The molecular formula is C29H33N5O3S. The first-order valence-electron chi connectivity index (χ1n) is 13.4. The van der Waals surface area contributed by atoms with Gasteiger partial charge in [-0.25, -0.2) is 0 Å². The Hall–Kier alpha value is -2.98. The van der Waals surface area contributed by atoms with Gasteiger partial charge in [0.2, 0.25) is 5.91 Å². The number of carbonyl (C=O) groups excluding carboxylic acids is 2. The van der Waals surface area contributed by atoms with Gasteiger partial charge in [0.15, 0.2) is 5.78 Å². The lowest BCUT2D eigenvalue weighted by Gasteiger charge is -2.39. The second-order valence-electron chi connectivity index (χ2n) is 10.5. The van der Waals surface area contributed by atoms with Crippen LogP contribution >= 0.6 is 11.3 Å². The topological polar surface area (TPSA) is 87.7 Å². The number of piperazine rings is 1. The normalized spacial score (nSPS) is 19.3. The van der Waals surface area contributed by atoms with Crippen LogP contribution in [0.25, 0.3) is 10.6 Å². The van der Waals surface area contributed by atoms with Crippen LogP contribution in [0.5, 0.6) is 0 Å². The number of nitrogens with zero attached hydrogens (tertiary/aromatic N) is 4. The van der Waals surface area contributed by atoms with Crippen molar-refractivity contribution in [3.8, 4) is 10.6 Å². The summed E-state index contributed by atoms with van der Waals surface area (Å²) >= 11 is 1.43. The number of rotatable bonds is 10. The summed E-state index contributed by atoms with van der Waals surface area (Å²) in [5, 5.41) is 13.1. The summed E-state index contributed by atoms with van der Waals surface area (Å²) in [5.41, 5.74) is 2.60. The second kappa shape index (κ2) is 10.6. The smallest absolute Gasteiger partial charge is 0.244 e. The fourth-order valence-electron chi connectivity index (χ4n) is 5.41. The quantitative estimate of drug-likeness (QED) is 0.395. The van der Waals surface area contributed by atoms with Crippen molar-refractivity contribution in [2.45, 2.75) is 50.3 Å². The van der Waals surface area contributed by atoms with Gasteiger partial charge in [-0.15, -0.1) is 10.2 Å². The standard InChI is InChI=1S/C29H33N5O3S/c1-37-19-22-8-7-21(25(35)18-26-31-32-27(38-26)20-5-3-2-4-6-20)17-24(22)30-28(36)29(11-12-29)34-15-13-33(14-16-34)23-9-10-23/h2-8,17,23H,9-16,18-19H2,1H3,(H,30,36). The third-order valence-corrected chi connectivity index (χ3v) is 8.88. The van der Waals surface area contributed by atoms with Crippen molar-refractivity contribution >= 4 is 28.7 Å². The third-order valence-electron chi connectivity index (χ3n) is 7.91. The molecule has 9 heteroatoms. The van der Waals surface area contributed by atoms with E-state index in [0.29, 0.717) is 22.9 Å². The predicted molar refractivity (Wildman–Crippen MR) is 147 cm³/mol. The fraction of sp³-hybridized carbons (Fsp3) is 0.448. The van der Waals surface area contributed by atoms with Crippen molar-refractivity contribution < 1.29 is 14.3 Å². The summed E-state index contributed by atoms with van der Waals surface area (Å²) in [6.45, 7) is 4.29. The van der Waals surface area contributed by atoms with Gasteiger partial charge >= 0.3 is 0 Å². The summed E-state index contributed by atoms with van der Waals surface area (Å²) in [7, 11) is 1.63. The zero-order chi connectivity index (χ0) is 26.1. The Bertz CT molecular complexity index is 1310. The Morgan fingerprint density at radius 3 is 2.50 bits per heavy atom. The number of nitrogens with one attached hydrogen (secondary N) is 1. The second-order valence-corrected chi connectivity index (χ2v) is 11.6. The SMILES string of the molecule is COCc1ccc(C(=O)Cc2nnc(-c3ccccc3)s2)cc1NC(=O)C1(N2CCN(C3CC3)CC2)CC1. The molecule has 3 aliphatic rings. The zero-order valence-corrected chi connectivity index (χ0v) is 22.5. The minimum Gasteiger partial charge on any atom is -0.380 e. The van der Waals surface area contributed by atoms with Gasteiger partial charge in [-0.3, -0.25) is 19.4 Å². The van der Waals surface area contributed by atoms with Gasteiger partial charge < -0.3 is 10.1 Å². The summed E-state index contributed by atoms with van der Waals surface area (Å²) in [5.74, 6) is -0.0338. The van der Waals surface area contributed by atoms with Gasteiger partial charge in [-0.05, 0) is 31.7 Å². The lowest BCUT2D eigenvalue weighted by Crippen LogP contribution is -2.55. The number of amides is 1. The molecule has 38 heavy (non-hydrogen) atoms. The van der Waals surface area contributed by atoms with Gasteiger partial charge in [0.1, 0.15) is 15.6 Å². The number of Topliss-reactive ketones (excluding diaryl/α,β-unsaturated/α-hetero) is 1. The molecule has 3 aromatic rings. The van der Waals surface area contributed by atoms with E-state index in [0.717, 1.165) is 61.2 Å². The average Bonchev–Trinajstić information content (AvgIpc) is 3.88. The van der Waals surface area contributed by atoms with Crippen molar-refractivity contribution in [3.63, 3.8) is 0 Å². The molecule has 1 saturated heterocycles. The van der Waals surface area contributed by atoms with E-state index < -0.39 is 5.54 Å². The Kier molecular flexibility index (Phi) is 7.09. The number of methoxy groups -OCH3 is 1. The molecule has 6 rings (SSSR count). The van der Waals surface area contributed by atoms with E-state index in [1.54, 1.807) is 19.2 Å². The molecule has 2 aliphatic carbocycles. The minimum absolute atomic E-state index is 0.0240. The molecule has 1 amide bonds. The lowest BCUT2D eigenvalue weighted by atomic mass is 10.0. The van der Waals surface area contributed by atoms with E-state index in [-0.39, 0.29) is 18.1 Å². The van der Waals surface area contributed by atoms with E-state index in [1.807, 2.05) is 36.4 Å². The molecule has 1 aromatic heterocycles. The highest BCUT2D eigenvalue weighted by Gasteiger charge is 2.55. The number of hydrogen-bond donors (Lipinski definition) is 1. The molecule has 1 aliphatic heterocycles. The van der Waals surface area contributed by atoms with E-state index in [4.69, 9.17) is 4.74 Å². The molecule has 1 N–H and O–H groups in total. The van der Waals surface area contributed by atoms with Crippen LogP contribution in [-0.2, 0) is 22.6 Å². The van der Waals surface area contributed by atoms with Gasteiger partial charge in [0, 0.05) is 61.7 Å². The summed E-state index contributed by atoms with van der Waals surface area (Å²) < 4.78 is 5.38. The molecule has 0 spiro atoms. The monoisotopic (exact) mass is 531 g/mol. The summed E-state index contributed by atoms with van der Waals surface area (Å²) in [6.07, 6.45) is 4.55. The van der Waals surface area contributed by atoms with Gasteiger partial charge in [0.25, 0.3) is 0 Å². The van der Waals surface area contributed by atoms with Crippen molar-refractivity contribution in [2.75, 3.05) is 38.6 Å². The van der Waals surface area contributed by atoms with Gasteiger partial charge in [-0.2, -0.15) is 0 Å². The molecule has 0 bridgehead atoms. The van der Waals surface area contributed by atoms with Crippen LogP contribution in [0.3, 0.4) is 0 Å². The van der Waals surface area contributed by atoms with Crippen molar-refractivity contribution in [2.24, 2.45) is 0 Å². The summed E-state index contributed by atoms with van der Waals surface area (Å²) in [4.78, 5) is 31.7. The molecular weight excluding hydrogens is 498 g/mol. The average molecular weight is 532 g/mol. The van der Waals surface area contributed by atoms with Crippen LogP contribution in [0.1, 0.15) is 46.6 Å². The highest BCUT2D eigenvalue weighted by Crippen LogP contribution is 2.44. The van der Waals surface area contributed by atoms with Crippen LogP contribution in [0.4, 0.5) is 5.69 Å². The number of anilines is 1. The van der Waals surface area contributed by atoms with Gasteiger partial charge in [0.05, 0.1) is 13.0 Å². The van der Waals surface area contributed by atoms with Crippen LogP contribution in [0, 0.1) is 0 Å². The summed E-state index contributed by atoms with van der Waals surface area (Å²) in [6, 6.07) is 16.1. The molecule has 2 saturated carbocycles. The third kappa shape index (κ3) is 5.29.